The Morgan fingerprint density at radius 2 is 2.12 bits per heavy atom. The van der Waals surface area contributed by atoms with Gasteiger partial charge in [0.2, 0.25) is 5.91 Å². The van der Waals surface area contributed by atoms with E-state index in [9.17, 15) is 9.90 Å². The second kappa shape index (κ2) is 7.99. The molecule has 2 rings (SSSR count). The second-order valence-electron chi connectivity index (χ2n) is 5.28. The number of hydrogen-bond acceptors (Lipinski definition) is 4. The van der Waals surface area contributed by atoms with E-state index in [2.05, 4.69) is 10.4 Å². The molecule has 0 aliphatic carbocycles. The molecule has 1 unspecified atom stereocenters. The number of nitrogens with one attached hydrogen (secondary N) is 1. The number of amides is 1. The fourth-order valence-corrected chi connectivity index (χ4v) is 2.43. The molecule has 0 aliphatic heterocycles. The van der Waals surface area contributed by atoms with Crippen LogP contribution in [-0.2, 0) is 11.8 Å². The number of halogens is 1. The van der Waals surface area contributed by atoms with Crippen LogP contribution >= 0.6 is 11.6 Å². The number of carbonyl (C=O) groups is 1. The van der Waals surface area contributed by atoms with Crippen LogP contribution in [0, 0.1) is 6.92 Å². The Morgan fingerprint density at radius 1 is 1.46 bits per heavy atom. The minimum atomic E-state index is -0.794. The van der Waals surface area contributed by atoms with Crippen molar-refractivity contribution in [1.82, 2.24) is 15.1 Å². The van der Waals surface area contributed by atoms with E-state index in [0.29, 0.717) is 22.0 Å². The molecular weight excluding hydrogens is 330 g/mol. The molecule has 24 heavy (non-hydrogen) atoms. The predicted molar refractivity (Wildman–Crippen MR) is 93.0 cm³/mol. The van der Waals surface area contributed by atoms with Gasteiger partial charge in [-0.05, 0) is 30.7 Å². The fraction of sp³-hybridized carbons (Fsp3) is 0.294. The van der Waals surface area contributed by atoms with Gasteiger partial charge in [0.15, 0.2) is 0 Å². The molecule has 1 heterocycles. The number of methoxy groups -OCH3 is 1. The smallest absolute Gasteiger partial charge is 0.244 e. The van der Waals surface area contributed by atoms with Crippen LogP contribution in [0.4, 0.5) is 0 Å². The summed E-state index contributed by atoms with van der Waals surface area (Å²) in [6.45, 7) is 1.92. The Kier molecular flexibility index (Phi) is 6.00. The number of carbonyl (C=O) groups excluding carboxylic acids is 1. The summed E-state index contributed by atoms with van der Waals surface area (Å²) in [5.41, 5.74) is 2.14. The van der Waals surface area contributed by atoms with Crippen LogP contribution in [0.25, 0.3) is 6.08 Å². The van der Waals surface area contributed by atoms with Gasteiger partial charge in [-0.15, -0.1) is 0 Å². The van der Waals surface area contributed by atoms with E-state index >= 15 is 0 Å². The lowest BCUT2D eigenvalue weighted by Gasteiger charge is -2.11. The highest BCUT2D eigenvalue weighted by Gasteiger charge is 2.10. The lowest BCUT2D eigenvalue weighted by Crippen LogP contribution is -2.26. The maximum atomic E-state index is 11.9. The number of rotatable bonds is 6. The van der Waals surface area contributed by atoms with Gasteiger partial charge in [0, 0.05) is 25.2 Å². The van der Waals surface area contributed by atoms with Crippen molar-refractivity contribution in [1.29, 1.82) is 0 Å². The monoisotopic (exact) mass is 349 g/mol. The van der Waals surface area contributed by atoms with Crippen molar-refractivity contribution in [3.05, 3.63) is 52.3 Å². The Balaban J connectivity index is 1.91. The molecule has 1 aromatic carbocycles. The Bertz CT molecular complexity index is 738. The SMILES string of the molecule is COc1ccc(C(O)CNC(=O)/C=C/c2c(C)nn(C)c2Cl)cc1. The maximum absolute atomic E-state index is 11.9. The quantitative estimate of drug-likeness (QED) is 0.784. The molecule has 1 aromatic heterocycles. The van der Waals surface area contributed by atoms with Crippen LogP contribution in [0.3, 0.4) is 0 Å². The Labute approximate surface area is 145 Å². The highest BCUT2D eigenvalue weighted by Crippen LogP contribution is 2.20. The fourth-order valence-electron chi connectivity index (χ4n) is 2.19. The predicted octanol–water partition coefficient (Wildman–Crippen LogP) is 2.25. The highest BCUT2D eigenvalue weighted by atomic mass is 35.5. The summed E-state index contributed by atoms with van der Waals surface area (Å²) in [7, 11) is 3.31. The van der Waals surface area contributed by atoms with Crippen LogP contribution in [-0.4, -0.2) is 34.4 Å². The van der Waals surface area contributed by atoms with Gasteiger partial charge in [0.1, 0.15) is 10.9 Å². The number of aromatic nitrogens is 2. The molecule has 0 spiro atoms. The molecule has 0 radical (unpaired) electrons. The van der Waals surface area contributed by atoms with E-state index in [4.69, 9.17) is 16.3 Å². The number of aryl methyl sites for hydroxylation is 2. The van der Waals surface area contributed by atoms with Gasteiger partial charge in [0.05, 0.1) is 18.9 Å². The van der Waals surface area contributed by atoms with E-state index in [0.717, 1.165) is 5.69 Å². The van der Waals surface area contributed by atoms with Crippen molar-refractivity contribution >= 4 is 23.6 Å². The van der Waals surface area contributed by atoms with Crippen molar-refractivity contribution in [2.24, 2.45) is 7.05 Å². The van der Waals surface area contributed by atoms with E-state index in [1.807, 2.05) is 6.92 Å². The first-order chi connectivity index (χ1) is 11.4. The summed E-state index contributed by atoms with van der Waals surface area (Å²) in [6.07, 6.45) is 2.19. The van der Waals surface area contributed by atoms with Crippen molar-refractivity contribution in [2.75, 3.05) is 13.7 Å². The van der Waals surface area contributed by atoms with Gasteiger partial charge in [0.25, 0.3) is 0 Å². The van der Waals surface area contributed by atoms with E-state index in [1.54, 1.807) is 49.2 Å². The van der Waals surface area contributed by atoms with Crippen molar-refractivity contribution in [3.8, 4) is 5.75 Å². The molecule has 6 nitrogen and oxygen atoms in total. The summed E-state index contributed by atoms with van der Waals surface area (Å²) >= 11 is 6.10. The standard InChI is InChI=1S/C17H20ClN3O3/c1-11-14(17(18)21(2)20-11)8-9-16(23)19-10-15(22)12-4-6-13(24-3)7-5-12/h4-9,15,22H,10H2,1-3H3,(H,19,23)/b9-8+. The van der Waals surface area contributed by atoms with Gasteiger partial charge in [-0.3, -0.25) is 9.48 Å². The molecule has 1 amide bonds. The molecule has 0 fully saturated rings. The van der Waals surface area contributed by atoms with E-state index < -0.39 is 6.10 Å². The minimum absolute atomic E-state index is 0.106. The molecule has 1 atom stereocenters. The average molecular weight is 350 g/mol. The number of nitrogens with zero attached hydrogens (tertiary/aromatic N) is 2. The zero-order valence-corrected chi connectivity index (χ0v) is 14.5. The first-order valence-electron chi connectivity index (χ1n) is 7.39. The molecule has 128 valence electrons. The van der Waals surface area contributed by atoms with Crippen LogP contribution in [0.1, 0.15) is 22.9 Å². The number of ether oxygens (including phenoxy) is 1. The molecule has 2 N–H and O–H groups in total. The van der Waals surface area contributed by atoms with Crippen molar-refractivity contribution < 1.29 is 14.6 Å². The molecule has 0 saturated heterocycles. The molecular formula is C17H20ClN3O3. The molecule has 0 aliphatic rings. The zero-order chi connectivity index (χ0) is 17.7. The Morgan fingerprint density at radius 3 is 2.67 bits per heavy atom. The van der Waals surface area contributed by atoms with E-state index in [1.165, 1.54) is 6.08 Å². The normalized spacial score (nSPS) is 12.4. The summed E-state index contributed by atoms with van der Waals surface area (Å²) in [4.78, 5) is 11.9. The van der Waals surface area contributed by atoms with Crippen LogP contribution in [0.15, 0.2) is 30.3 Å². The minimum Gasteiger partial charge on any atom is -0.497 e. The lowest BCUT2D eigenvalue weighted by atomic mass is 10.1. The zero-order valence-electron chi connectivity index (χ0n) is 13.8. The summed E-state index contributed by atoms with van der Waals surface area (Å²) in [5.74, 6) is 0.392. The van der Waals surface area contributed by atoms with Gasteiger partial charge in [-0.1, -0.05) is 23.7 Å². The van der Waals surface area contributed by atoms with Crippen LogP contribution in [0.2, 0.25) is 5.15 Å². The number of aliphatic hydroxyl groups is 1. The largest absolute Gasteiger partial charge is 0.497 e. The third kappa shape index (κ3) is 4.37. The average Bonchev–Trinajstić information content (AvgIpc) is 2.83. The van der Waals surface area contributed by atoms with Gasteiger partial charge < -0.3 is 15.2 Å². The van der Waals surface area contributed by atoms with Crippen LogP contribution < -0.4 is 10.1 Å². The van der Waals surface area contributed by atoms with Crippen molar-refractivity contribution in [2.45, 2.75) is 13.0 Å². The molecule has 2 aromatic rings. The highest BCUT2D eigenvalue weighted by molar-refractivity contribution is 6.31. The maximum Gasteiger partial charge on any atom is 0.244 e. The summed E-state index contributed by atoms with van der Waals surface area (Å²) in [5, 5.41) is 17.4. The first-order valence-corrected chi connectivity index (χ1v) is 7.77. The topological polar surface area (TPSA) is 76.4 Å². The molecule has 7 heteroatoms. The first kappa shape index (κ1) is 18.0. The lowest BCUT2D eigenvalue weighted by molar-refractivity contribution is -0.116. The third-order valence-corrected chi connectivity index (χ3v) is 4.02. The van der Waals surface area contributed by atoms with Crippen molar-refractivity contribution in [3.63, 3.8) is 0 Å². The summed E-state index contributed by atoms with van der Waals surface area (Å²) < 4.78 is 6.61. The number of hydrogen-bond donors (Lipinski definition) is 2. The van der Waals surface area contributed by atoms with E-state index in [-0.39, 0.29) is 12.5 Å². The van der Waals surface area contributed by atoms with Gasteiger partial charge >= 0.3 is 0 Å². The summed E-state index contributed by atoms with van der Waals surface area (Å²) in [6, 6.07) is 7.02. The number of benzene rings is 1. The molecule has 0 saturated carbocycles. The number of aliphatic hydroxyl groups excluding tert-OH is 1. The van der Waals surface area contributed by atoms with Gasteiger partial charge in [-0.2, -0.15) is 5.10 Å². The van der Waals surface area contributed by atoms with Crippen LogP contribution in [0.5, 0.6) is 5.75 Å². The molecule has 0 bridgehead atoms. The third-order valence-electron chi connectivity index (χ3n) is 3.57. The Hall–Kier alpha value is -2.31. The second-order valence-corrected chi connectivity index (χ2v) is 5.64. The van der Waals surface area contributed by atoms with Gasteiger partial charge in [-0.25, -0.2) is 0 Å².